The van der Waals surface area contributed by atoms with Crippen molar-refractivity contribution in [3.63, 3.8) is 0 Å². The summed E-state index contributed by atoms with van der Waals surface area (Å²) in [5.41, 5.74) is 0. The fourth-order valence-electron chi connectivity index (χ4n) is 3.88. The summed E-state index contributed by atoms with van der Waals surface area (Å²) in [5.74, 6) is -0.783. The lowest BCUT2D eigenvalue weighted by molar-refractivity contribution is -0.137. The number of carbonyl (C=O) groups is 4. The van der Waals surface area contributed by atoms with Gasteiger partial charge in [-0.2, -0.15) is 0 Å². The van der Waals surface area contributed by atoms with E-state index in [9.17, 15) is 19.2 Å². The number of hydrogen-bond acceptors (Lipinski definition) is 8. The molecule has 240 valence electrons. The minimum Gasteiger partial charge on any atom is -0.481 e. The van der Waals surface area contributed by atoms with Crippen molar-refractivity contribution in [2.24, 2.45) is 0 Å². The molecule has 0 heterocycles. The van der Waals surface area contributed by atoms with Gasteiger partial charge < -0.3 is 34.7 Å². The Morgan fingerprint density at radius 3 is 1.63 bits per heavy atom. The van der Waals surface area contributed by atoms with Crippen LogP contribution in [0.1, 0.15) is 103 Å². The Morgan fingerprint density at radius 1 is 0.512 bits per heavy atom. The molecule has 2 amide bonds. The van der Waals surface area contributed by atoms with E-state index in [1.807, 2.05) is 6.92 Å². The molecule has 0 aromatic carbocycles. The van der Waals surface area contributed by atoms with E-state index in [1.165, 1.54) is 25.7 Å². The number of ketones is 1. The SMILES string of the molecule is CCCNC(=O)COCCOCCCC(=O)COCCOCCNC(=O)CCCCCCCCCCCCC(=O)O. The van der Waals surface area contributed by atoms with Crippen LogP contribution in [0.5, 0.6) is 0 Å². The molecule has 0 aromatic rings. The molecule has 0 radical (unpaired) electrons. The van der Waals surface area contributed by atoms with E-state index in [2.05, 4.69) is 10.6 Å². The summed E-state index contributed by atoms with van der Waals surface area (Å²) in [7, 11) is 0. The molecule has 3 N–H and O–H groups in total. The van der Waals surface area contributed by atoms with Crippen LogP contribution in [-0.2, 0) is 38.1 Å². The monoisotopic (exact) mass is 588 g/mol. The van der Waals surface area contributed by atoms with Gasteiger partial charge in [-0.25, -0.2) is 0 Å². The fraction of sp³-hybridized carbons (Fsp3) is 0.867. The number of Topliss-reactive ketones (excluding diaryl/α,β-unsaturated/α-hetero) is 1. The van der Waals surface area contributed by atoms with Crippen LogP contribution in [0.25, 0.3) is 0 Å². The maximum Gasteiger partial charge on any atom is 0.303 e. The van der Waals surface area contributed by atoms with Crippen molar-refractivity contribution in [3.8, 4) is 0 Å². The summed E-state index contributed by atoms with van der Waals surface area (Å²) < 4.78 is 21.4. The minimum absolute atomic E-state index is 0.00896. The maximum absolute atomic E-state index is 11.9. The van der Waals surface area contributed by atoms with Crippen molar-refractivity contribution in [1.29, 1.82) is 0 Å². The zero-order chi connectivity index (χ0) is 30.2. The molecule has 0 aliphatic carbocycles. The fourth-order valence-corrected chi connectivity index (χ4v) is 3.88. The van der Waals surface area contributed by atoms with Crippen LogP contribution < -0.4 is 10.6 Å². The zero-order valence-electron chi connectivity index (χ0n) is 25.4. The standard InChI is InChI=1S/C30H56N2O9/c1-2-17-31-29(35)26-41-24-21-38-19-13-14-27(33)25-40-23-22-39-20-18-32-28(34)15-11-9-7-5-3-4-6-8-10-12-16-30(36)37/h2-26H2,1H3,(H,31,35)(H,32,34)(H,36,37). The van der Waals surface area contributed by atoms with Crippen LogP contribution in [0, 0.1) is 0 Å². The first-order valence-corrected chi connectivity index (χ1v) is 15.5. The molecule has 0 saturated heterocycles. The summed E-state index contributed by atoms with van der Waals surface area (Å²) in [6, 6.07) is 0. The van der Waals surface area contributed by atoms with E-state index in [0.29, 0.717) is 72.0 Å². The molecule has 0 aliphatic rings. The highest BCUT2D eigenvalue weighted by atomic mass is 16.5. The largest absolute Gasteiger partial charge is 0.481 e. The van der Waals surface area contributed by atoms with Crippen molar-refractivity contribution in [1.82, 2.24) is 10.6 Å². The van der Waals surface area contributed by atoms with E-state index in [0.717, 1.165) is 44.9 Å². The third-order valence-electron chi connectivity index (χ3n) is 6.17. The van der Waals surface area contributed by atoms with Crippen LogP contribution >= 0.6 is 0 Å². The Balaban J connectivity index is 3.30. The van der Waals surface area contributed by atoms with Gasteiger partial charge in [0.15, 0.2) is 5.78 Å². The van der Waals surface area contributed by atoms with Gasteiger partial charge in [0, 0.05) is 39.0 Å². The second-order valence-electron chi connectivity index (χ2n) is 10.1. The number of carboxylic acids is 1. The number of hydrogen-bond donors (Lipinski definition) is 3. The normalized spacial score (nSPS) is 11.0. The number of aliphatic carboxylic acids is 1. The number of amides is 2. The van der Waals surface area contributed by atoms with Crippen LogP contribution in [0.15, 0.2) is 0 Å². The highest BCUT2D eigenvalue weighted by Gasteiger charge is 2.04. The number of ether oxygens (including phenoxy) is 4. The van der Waals surface area contributed by atoms with E-state index < -0.39 is 5.97 Å². The minimum atomic E-state index is -0.708. The van der Waals surface area contributed by atoms with Crippen molar-refractivity contribution < 1.29 is 43.2 Å². The zero-order valence-corrected chi connectivity index (χ0v) is 25.4. The van der Waals surface area contributed by atoms with E-state index in [1.54, 1.807) is 0 Å². The Bertz CT molecular complexity index is 662. The number of rotatable bonds is 32. The lowest BCUT2D eigenvalue weighted by Crippen LogP contribution is -2.28. The van der Waals surface area contributed by atoms with Gasteiger partial charge in [-0.05, 0) is 25.7 Å². The Hall–Kier alpha value is -2.08. The molecule has 0 atom stereocenters. The number of nitrogens with one attached hydrogen (secondary N) is 2. The third-order valence-corrected chi connectivity index (χ3v) is 6.17. The highest BCUT2D eigenvalue weighted by Crippen LogP contribution is 2.12. The third kappa shape index (κ3) is 32.3. The van der Waals surface area contributed by atoms with Crippen molar-refractivity contribution in [2.75, 3.05) is 65.9 Å². The van der Waals surface area contributed by atoms with Crippen molar-refractivity contribution >= 4 is 23.6 Å². The molecule has 0 aliphatic heterocycles. The molecule has 41 heavy (non-hydrogen) atoms. The maximum atomic E-state index is 11.9. The predicted octanol–water partition coefficient (Wildman–Crippen LogP) is 3.81. The first-order chi connectivity index (χ1) is 20.0. The second kappa shape index (κ2) is 30.9. The topological polar surface area (TPSA) is 149 Å². The van der Waals surface area contributed by atoms with Gasteiger partial charge in [0.05, 0.1) is 33.0 Å². The molecule has 0 aromatic heterocycles. The van der Waals surface area contributed by atoms with E-state index in [-0.39, 0.29) is 37.2 Å². The summed E-state index contributed by atoms with van der Waals surface area (Å²) in [6.45, 7) is 5.43. The van der Waals surface area contributed by atoms with Crippen LogP contribution in [0.4, 0.5) is 0 Å². The molecule has 0 bridgehead atoms. The highest BCUT2D eigenvalue weighted by molar-refractivity contribution is 5.79. The van der Waals surface area contributed by atoms with E-state index >= 15 is 0 Å². The van der Waals surface area contributed by atoms with Gasteiger partial charge in [-0.15, -0.1) is 0 Å². The molecular formula is C30H56N2O9. The Morgan fingerprint density at radius 2 is 1.02 bits per heavy atom. The average Bonchev–Trinajstić information content (AvgIpc) is 2.95. The molecule has 0 unspecified atom stereocenters. The van der Waals surface area contributed by atoms with E-state index in [4.69, 9.17) is 24.1 Å². The Labute approximate surface area is 246 Å². The van der Waals surface area contributed by atoms with Gasteiger partial charge >= 0.3 is 5.97 Å². The summed E-state index contributed by atoms with van der Waals surface area (Å²) >= 11 is 0. The quantitative estimate of drug-likeness (QED) is 0.0997. The lowest BCUT2D eigenvalue weighted by Gasteiger charge is -2.08. The van der Waals surface area contributed by atoms with Gasteiger partial charge in [0.25, 0.3) is 0 Å². The molecule has 0 saturated carbocycles. The molecule has 11 nitrogen and oxygen atoms in total. The summed E-state index contributed by atoms with van der Waals surface area (Å²) in [6.07, 6.45) is 13.4. The van der Waals surface area contributed by atoms with Crippen molar-refractivity contribution in [3.05, 3.63) is 0 Å². The smallest absolute Gasteiger partial charge is 0.303 e. The van der Waals surface area contributed by atoms with Crippen molar-refractivity contribution in [2.45, 2.75) is 103 Å². The summed E-state index contributed by atoms with van der Waals surface area (Å²) in [4.78, 5) is 45.5. The average molecular weight is 589 g/mol. The van der Waals surface area contributed by atoms with Crippen LogP contribution in [-0.4, -0.2) is 94.6 Å². The van der Waals surface area contributed by atoms with Gasteiger partial charge in [-0.3, -0.25) is 19.2 Å². The second-order valence-corrected chi connectivity index (χ2v) is 10.1. The molecule has 0 spiro atoms. The summed E-state index contributed by atoms with van der Waals surface area (Å²) in [5, 5.41) is 14.2. The number of unbranched alkanes of at least 4 members (excludes halogenated alkanes) is 9. The first-order valence-electron chi connectivity index (χ1n) is 15.5. The molecule has 0 rings (SSSR count). The van der Waals surface area contributed by atoms with Crippen LogP contribution in [0.2, 0.25) is 0 Å². The molecular weight excluding hydrogens is 532 g/mol. The first kappa shape index (κ1) is 38.9. The Kier molecular flexibility index (Phi) is 29.3. The predicted molar refractivity (Wildman–Crippen MR) is 157 cm³/mol. The number of carbonyl (C=O) groups excluding carboxylic acids is 3. The van der Waals surface area contributed by atoms with Crippen LogP contribution in [0.3, 0.4) is 0 Å². The number of carboxylic acid groups (broad SMARTS) is 1. The van der Waals surface area contributed by atoms with Gasteiger partial charge in [0.2, 0.25) is 11.8 Å². The van der Waals surface area contributed by atoms with Gasteiger partial charge in [0.1, 0.15) is 13.2 Å². The molecule has 0 fully saturated rings. The molecule has 11 heteroatoms. The lowest BCUT2D eigenvalue weighted by atomic mass is 10.1. The van der Waals surface area contributed by atoms with Gasteiger partial charge in [-0.1, -0.05) is 58.3 Å².